The van der Waals surface area contributed by atoms with Crippen LogP contribution in [0.4, 0.5) is 0 Å². The van der Waals surface area contributed by atoms with Crippen molar-refractivity contribution < 1.29 is 13.9 Å². The van der Waals surface area contributed by atoms with E-state index in [-0.39, 0.29) is 29.6 Å². The van der Waals surface area contributed by atoms with Gasteiger partial charge in [0, 0.05) is 12.6 Å². The van der Waals surface area contributed by atoms with E-state index < -0.39 is 0 Å². The number of ether oxygens (including phenoxy) is 1. The summed E-state index contributed by atoms with van der Waals surface area (Å²) in [5, 5.41) is 3.02. The van der Waals surface area contributed by atoms with Gasteiger partial charge < -0.3 is 20.2 Å². The highest BCUT2D eigenvalue weighted by atomic mass is 35.5. The summed E-state index contributed by atoms with van der Waals surface area (Å²) in [6, 6.07) is 12.6. The summed E-state index contributed by atoms with van der Waals surface area (Å²) >= 11 is 0. The van der Waals surface area contributed by atoms with Crippen molar-refractivity contribution >= 4 is 18.3 Å². The number of carbonyl (C=O) groups excluding carboxylic acids is 1. The number of rotatable bonds is 5. The van der Waals surface area contributed by atoms with Crippen LogP contribution in [0.2, 0.25) is 0 Å². The summed E-state index contributed by atoms with van der Waals surface area (Å²) in [5.74, 6) is 0.962. The summed E-state index contributed by atoms with van der Waals surface area (Å²) in [7, 11) is 0. The van der Waals surface area contributed by atoms with Gasteiger partial charge in [0.25, 0.3) is 11.9 Å². The molecule has 0 spiro atoms. The number of nitrogens with one attached hydrogen (secondary N) is 1. The van der Waals surface area contributed by atoms with E-state index in [1.807, 2.05) is 30.3 Å². The van der Waals surface area contributed by atoms with Crippen molar-refractivity contribution in [1.82, 2.24) is 5.32 Å². The van der Waals surface area contributed by atoms with E-state index in [2.05, 4.69) is 5.32 Å². The third-order valence-electron chi connectivity index (χ3n) is 4.10. The van der Waals surface area contributed by atoms with Crippen LogP contribution >= 0.6 is 12.4 Å². The molecule has 1 aromatic heterocycles. The molecule has 3 rings (SSSR count). The predicted molar refractivity (Wildman–Crippen MR) is 90.2 cm³/mol. The van der Waals surface area contributed by atoms with Crippen molar-refractivity contribution in [3.63, 3.8) is 0 Å². The Bertz CT molecular complexity index is 636. The molecule has 0 aliphatic heterocycles. The quantitative estimate of drug-likeness (QED) is 0.876. The summed E-state index contributed by atoms with van der Waals surface area (Å²) in [4.78, 5) is 12.3. The van der Waals surface area contributed by atoms with Gasteiger partial charge in [0.2, 0.25) is 0 Å². The summed E-state index contributed by atoms with van der Waals surface area (Å²) in [6.07, 6.45) is 4.03. The van der Waals surface area contributed by atoms with E-state index in [9.17, 15) is 4.79 Å². The van der Waals surface area contributed by atoms with Gasteiger partial charge in [0.1, 0.15) is 5.75 Å². The third-order valence-corrected chi connectivity index (χ3v) is 4.10. The van der Waals surface area contributed by atoms with Crippen molar-refractivity contribution in [3.8, 4) is 11.7 Å². The normalized spacial score (nSPS) is 15.7. The second-order valence-electron chi connectivity index (χ2n) is 5.68. The van der Waals surface area contributed by atoms with Gasteiger partial charge in [-0.15, -0.1) is 12.4 Å². The number of carbonyl (C=O) groups is 1. The van der Waals surface area contributed by atoms with Crippen LogP contribution in [0.5, 0.6) is 11.7 Å². The Morgan fingerprint density at radius 2 is 1.87 bits per heavy atom. The van der Waals surface area contributed by atoms with Gasteiger partial charge in [0.15, 0.2) is 5.76 Å². The maximum Gasteiger partial charge on any atom is 0.290 e. The molecule has 1 fully saturated rings. The fourth-order valence-electron chi connectivity index (χ4n) is 2.84. The molecular weight excluding hydrogens is 316 g/mol. The maximum absolute atomic E-state index is 12.3. The molecule has 1 aliphatic rings. The molecule has 3 N–H and O–H groups in total. The molecule has 5 nitrogen and oxygen atoms in total. The molecule has 23 heavy (non-hydrogen) atoms. The van der Waals surface area contributed by atoms with E-state index in [0.29, 0.717) is 18.2 Å². The van der Waals surface area contributed by atoms with E-state index in [0.717, 1.165) is 25.7 Å². The molecule has 0 saturated heterocycles. The Morgan fingerprint density at radius 1 is 1.17 bits per heavy atom. The van der Waals surface area contributed by atoms with Crippen molar-refractivity contribution in [3.05, 3.63) is 48.2 Å². The van der Waals surface area contributed by atoms with Crippen molar-refractivity contribution in [1.29, 1.82) is 0 Å². The lowest BCUT2D eigenvalue weighted by atomic mass is 9.98. The minimum Gasteiger partial charge on any atom is -0.426 e. The monoisotopic (exact) mass is 336 g/mol. The fourth-order valence-corrected chi connectivity index (χ4v) is 2.84. The van der Waals surface area contributed by atoms with Gasteiger partial charge in [-0.3, -0.25) is 4.79 Å². The molecule has 124 valence electrons. The van der Waals surface area contributed by atoms with Crippen LogP contribution in [-0.2, 0) is 0 Å². The first kappa shape index (κ1) is 17.4. The largest absolute Gasteiger partial charge is 0.426 e. The van der Waals surface area contributed by atoms with Gasteiger partial charge in [-0.1, -0.05) is 31.0 Å². The van der Waals surface area contributed by atoms with Gasteiger partial charge in [0.05, 0.1) is 5.54 Å². The first-order valence-corrected chi connectivity index (χ1v) is 7.56. The molecule has 1 saturated carbocycles. The van der Waals surface area contributed by atoms with E-state index in [1.54, 1.807) is 12.1 Å². The number of furan rings is 1. The highest BCUT2D eigenvalue weighted by Gasteiger charge is 2.34. The number of hydrogen-bond acceptors (Lipinski definition) is 4. The highest BCUT2D eigenvalue weighted by molar-refractivity contribution is 5.92. The Morgan fingerprint density at radius 3 is 2.52 bits per heavy atom. The van der Waals surface area contributed by atoms with Crippen LogP contribution in [0, 0.1) is 0 Å². The zero-order valence-electron chi connectivity index (χ0n) is 12.8. The van der Waals surface area contributed by atoms with Crippen LogP contribution in [0.15, 0.2) is 46.9 Å². The predicted octanol–water partition coefficient (Wildman–Crippen LogP) is 3.50. The maximum atomic E-state index is 12.3. The lowest BCUT2D eigenvalue weighted by Gasteiger charge is -2.28. The SMILES string of the molecule is Cl.NCC1(NC(=O)c2ccc(Oc3ccccc3)o2)CCCC1. The molecule has 6 heteroatoms. The first-order valence-electron chi connectivity index (χ1n) is 7.56. The Hall–Kier alpha value is -1.98. The van der Waals surface area contributed by atoms with Crippen LogP contribution in [0.25, 0.3) is 0 Å². The van der Waals surface area contributed by atoms with E-state index in [4.69, 9.17) is 14.9 Å². The minimum atomic E-state index is -0.287. The van der Waals surface area contributed by atoms with Crippen LogP contribution in [0.3, 0.4) is 0 Å². The second kappa shape index (κ2) is 7.53. The molecule has 1 amide bonds. The van der Waals surface area contributed by atoms with Crippen molar-refractivity contribution in [2.45, 2.75) is 31.2 Å². The Kier molecular flexibility index (Phi) is 5.69. The topological polar surface area (TPSA) is 77.5 Å². The molecule has 1 aliphatic carbocycles. The van der Waals surface area contributed by atoms with E-state index in [1.165, 1.54) is 0 Å². The number of benzene rings is 1. The number of hydrogen-bond donors (Lipinski definition) is 2. The average molecular weight is 337 g/mol. The Labute approximate surface area is 141 Å². The average Bonchev–Trinajstić information content (AvgIpc) is 3.18. The molecule has 1 heterocycles. The third kappa shape index (κ3) is 4.06. The number of para-hydroxylation sites is 1. The van der Waals surface area contributed by atoms with Gasteiger partial charge in [-0.2, -0.15) is 0 Å². The molecular formula is C17H21ClN2O3. The van der Waals surface area contributed by atoms with Gasteiger partial charge in [-0.05, 0) is 31.0 Å². The fraction of sp³-hybridized carbons (Fsp3) is 0.353. The lowest BCUT2D eigenvalue weighted by molar-refractivity contribution is 0.0869. The van der Waals surface area contributed by atoms with E-state index >= 15 is 0 Å². The lowest BCUT2D eigenvalue weighted by Crippen LogP contribution is -2.51. The molecule has 0 radical (unpaired) electrons. The molecule has 0 bridgehead atoms. The minimum absolute atomic E-state index is 0. The number of halogens is 1. The summed E-state index contributed by atoms with van der Waals surface area (Å²) < 4.78 is 11.0. The summed E-state index contributed by atoms with van der Waals surface area (Å²) in [5.41, 5.74) is 5.55. The number of nitrogens with two attached hydrogens (primary N) is 1. The molecule has 0 unspecified atom stereocenters. The number of amides is 1. The zero-order valence-corrected chi connectivity index (χ0v) is 13.6. The van der Waals surface area contributed by atoms with Crippen LogP contribution < -0.4 is 15.8 Å². The first-order chi connectivity index (χ1) is 10.7. The smallest absolute Gasteiger partial charge is 0.290 e. The van der Waals surface area contributed by atoms with Crippen LogP contribution in [0.1, 0.15) is 36.2 Å². The second-order valence-corrected chi connectivity index (χ2v) is 5.68. The molecule has 1 aromatic carbocycles. The molecule has 2 aromatic rings. The molecule has 0 atom stereocenters. The highest BCUT2D eigenvalue weighted by Crippen LogP contribution is 2.29. The van der Waals surface area contributed by atoms with Crippen LogP contribution in [-0.4, -0.2) is 18.0 Å². The van der Waals surface area contributed by atoms with Gasteiger partial charge in [-0.25, -0.2) is 0 Å². The summed E-state index contributed by atoms with van der Waals surface area (Å²) in [6.45, 7) is 0.451. The van der Waals surface area contributed by atoms with Crippen molar-refractivity contribution in [2.24, 2.45) is 5.73 Å². The Balaban J connectivity index is 0.00000192. The standard InChI is InChI=1S/C17H20N2O3.ClH/c18-12-17(10-4-5-11-17)19-16(20)14-8-9-15(22-14)21-13-6-2-1-3-7-13;/h1-3,6-9H,4-5,10-12,18H2,(H,19,20);1H. The van der Waals surface area contributed by atoms with Crippen molar-refractivity contribution in [2.75, 3.05) is 6.54 Å². The zero-order chi connectivity index (χ0) is 15.4. The van der Waals surface area contributed by atoms with Gasteiger partial charge >= 0.3 is 0 Å².